The van der Waals surface area contributed by atoms with Crippen molar-refractivity contribution >= 4 is 51.3 Å². The highest BCUT2D eigenvalue weighted by Gasteiger charge is 2.13. The third-order valence-corrected chi connectivity index (χ3v) is 6.21. The van der Waals surface area contributed by atoms with Crippen molar-refractivity contribution in [3.05, 3.63) is 47.3 Å². The van der Waals surface area contributed by atoms with Gasteiger partial charge in [0.2, 0.25) is 0 Å². The number of nitrogens with one attached hydrogen (secondary N) is 2. The van der Waals surface area contributed by atoms with Gasteiger partial charge in [0.1, 0.15) is 11.0 Å². The molecule has 0 saturated carbocycles. The molecular weight excluding hydrogens is 376 g/mol. The van der Waals surface area contributed by atoms with Gasteiger partial charge in [0, 0.05) is 46.9 Å². The van der Waals surface area contributed by atoms with Gasteiger partial charge in [0.25, 0.3) is 0 Å². The van der Waals surface area contributed by atoms with Crippen LogP contribution in [0.25, 0.3) is 22.4 Å². The monoisotopic (exact) mass is 394 g/mol. The van der Waals surface area contributed by atoms with E-state index < -0.39 is 0 Å². The summed E-state index contributed by atoms with van der Waals surface area (Å²) in [7, 11) is 0. The molecule has 1 aliphatic rings. The molecule has 1 aliphatic heterocycles. The third kappa shape index (κ3) is 3.38. The second-order valence-electron chi connectivity index (χ2n) is 6.31. The van der Waals surface area contributed by atoms with E-state index in [1.807, 2.05) is 23.2 Å². The number of thiophene rings is 1. The van der Waals surface area contributed by atoms with E-state index in [1.54, 1.807) is 17.5 Å². The molecule has 0 atom stereocenters. The average Bonchev–Trinajstić information content (AvgIpc) is 3.41. The molecule has 6 nitrogen and oxygen atoms in total. The number of H-pyrrole nitrogens is 1. The van der Waals surface area contributed by atoms with Gasteiger partial charge in [-0.3, -0.25) is 5.10 Å². The number of hydrogen-bond donors (Lipinski definition) is 2. The van der Waals surface area contributed by atoms with Crippen LogP contribution >= 0.6 is 23.1 Å². The summed E-state index contributed by atoms with van der Waals surface area (Å²) in [6.45, 7) is 2.23. The predicted molar refractivity (Wildman–Crippen MR) is 114 cm³/mol. The largest absolute Gasteiger partial charge is 0.370 e. The molecule has 4 heterocycles. The highest BCUT2D eigenvalue weighted by atomic mass is 32.2. The lowest BCUT2D eigenvalue weighted by molar-refractivity contribution is 0.859. The van der Waals surface area contributed by atoms with Crippen molar-refractivity contribution in [3.8, 4) is 11.4 Å². The first-order valence-corrected chi connectivity index (χ1v) is 10.9. The molecule has 27 heavy (non-hydrogen) atoms. The molecule has 1 aromatic carbocycles. The Morgan fingerprint density at radius 2 is 1.89 bits per heavy atom. The summed E-state index contributed by atoms with van der Waals surface area (Å²) in [6.07, 6.45) is 1.73. The van der Waals surface area contributed by atoms with Gasteiger partial charge in [-0.15, -0.1) is 0 Å². The highest BCUT2D eigenvalue weighted by Crippen LogP contribution is 2.28. The zero-order valence-corrected chi connectivity index (χ0v) is 16.2. The van der Waals surface area contributed by atoms with Gasteiger partial charge in [0.15, 0.2) is 11.6 Å². The van der Waals surface area contributed by atoms with Gasteiger partial charge >= 0.3 is 0 Å². The number of nitrogens with zero attached hydrogens (tertiary/aromatic N) is 4. The van der Waals surface area contributed by atoms with Crippen molar-refractivity contribution in [2.75, 3.05) is 34.8 Å². The van der Waals surface area contributed by atoms with Crippen molar-refractivity contribution in [2.24, 2.45) is 0 Å². The van der Waals surface area contributed by atoms with Gasteiger partial charge in [-0.25, -0.2) is 9.97 Å². The average molecular weight is 395 g/mol. The van der Waals surface area contributed by atoms with E-state index in [0.717, 1.165) is 41.2 Å². The Bertz CT molecular complexity index is 1040. The first-order valence-electron chi connectivity index (χ1n) is 8.80. The normalized spacial score (nSPS) is 14.6. The Morgan fingerprint density at radius 1 is 1.04 bits per heavy atom. The first kappa shape index (κ1) is 16.6. The third-order valence-electron chi connectivity index (χ3n) is 4.59. The summed E-state index contributed by atoms with van der Waals surface area (Å²) in [5, 5.41) is 14.6. The molecule has 2 N–H and O–H groups in total. The second-order valence-corrected chi connectivity index (χ2v) is 8.31. The lowest BCUT2D eigenvalue weighted by Crippen LogP contribution is -2.32. The van der Waals surface area contributed by atoms with E-state index in [0.29, 0.717) is 5.82 Å². The molecule has 8 heteroatoms. The standard InChI is InChI=1S/C19H18N6S2/c1-3-15(25-6-9-26-10-7-25)4-2-14(1)21-19-17-16(11-20-24-17)22-18(23-19)13-5-8-27-12-13/h1-5,8,11-12H,6-7,9-10H2,(H,20,24)(H,21,22,23). The SMILES string of the molecule is c1cc(-c2nc(Nc3ccc(N4CCSCC4)cc3)c3[nH]ncc3n2)cs1. The van der Waals surface area contributed by atoms with Gasteiger partial charge in [-0.2, -0.15) is 28.2 Å². The Hall–Kier alpha value is -2.58. The maximum atomic E-state index is 4.72. The number of aromatic amines is 1. The molecule has 0 amide bonds. The number of hydrogen-bond acceptors (Lipinski definition) is 7. The highest BCUT2D eigenvalue weighted by molar-refractivity contribution is 7.99. The molecule has 0 bridgehead atoms. The van der Waals surface area contributed by atoms with E-state index >= 15 is 0 Å². The Labute approximate surface area is 165 Å². The lowest BCUT2D eigenvalue weighted by atomic mass is 10.2. The number of anilines is 3. The molecule has 0 spiro atoms. The van der Waals surface area contributed by atoms with E-state index in [9.17, 15) is 0 Å². The number of thioether (sulfide) groups is 1. The van der Waals surface area contributed by atoms with Crippen LogP contribution < -0.4 is 10.2 Å². The van der Waals surface area contributed by atoms with Gasteiger partial charge < -0.3 is 10.2 Å². The Balaban J connectivity index is 1.44. The van der Waals surface area contributed by atoms with Crippen LogP contribution in [0, 0.1) is 0 Å². The summed E-state index contributed by atoms with van der Waals surface area (Å²) in [4.78, 5) is 11.8. The van der Waals surface area contributed by atoms with E-state index in [-0.39, 0.29) is 0 Å². The lowest BCUT2D eigenvalue weighted by Gasteiger charge is -2.28. The van der Waals surface area contributed by atoms with Crippen LogP contribution in [0.5, 0.6) is 0 Å². The predicted octanol–water partition coefficient (Wildman–Crippen LogP) is 4.38. The Morgan fingerprint density at radius 3 is 2.67 bits per heavy atom. The van der Waals surface area contributed by atoms with Crippen molar-refractivity contribution in [2.45, 2.75) is 0 Å². The topological polar surface area (TPSA) is 69.7 Å². The van der Waals surface area contributed by atoms with Crippen LogP contribution in [-0.4, -0.2) is 44.8 Å². The zero-order valence-electron chi connectivity index (χ0n) is 14.6. The fourth-order valence-electron chi connectivity index (χ4n) is 3.16. The van der Waals surface area contributed by atoms with E-state index in [1.165, 1.54) is 17.2 Å². The smallest absolute Gasteiger partial charge is 0.163 e. The number of aromatic nitrogens is 4. The minimum Gasteiger partial charge on any atom is -0.370 e. The van der Waals surface area contributed by atoms with Gasteiger partial charge in [0.05, 0.1) is 6.20 Å². The maximum Gasteiger partial charge on any atom is 0.163 e. The summed E-state index contributed by atoms with van der Waals surface area (Å²) in [5.74, 6) is 3.84. The molecule has 1 saturated heterocycles. The zero-order chi connectivity index (χ0) is 18.1. The van der Waals surface area contributed by atoms with Crippen LogP contribution in [-0.2, 0) is 0 Å². The second kappa shape index (κ2) is 7.21. The molecule has 3 aromatic heterocycles. The van der Waals surface area contributed by atoms with Gasteiger partial charge in [-0.1, -0.05) is 0 Å². The molecule has 4 aromatic rings. The summed E-state index contributed by atoms with van der Waals surface area (Å²) < 4.78 is 0. The number of benzene rings is 1. The van der Waals surface area contributed by atoms with Crippen LogP contribution in [0.2, 0.25) is 0 Å². The van der Waals surface area contributed by atoms with Crippen molar-refractivity contribution < 1.29 is 0 Å². The first-order chi connectivity index (χ1) is 13.4. The molecule has 1 fully saturated rings. The van der Waals surface area contributed by atoms with Crippen LogP contribution in [0.3, 0.4) is 0 Å². The van der Waals surface area contributed by atoms with Gasteiger partial charge in [-0.05, 0) is 35.7 Å². The van der Waals surface area contributed by atoms with E-state index in [4.69, 9.17) is 4.98 Å². The van der Waals surface area contributed by atoms with Crippen molar-refractivity contribution in [1.29, 1.82) is 0 Å². The fourth-order valence-corrected chi connectivity index (χ4v) is 4.70. The molecule has 5 rings (SSSR count). The number of fused-ring (bicyclic) bond motifs is 1. The summed E-state index contributed by atoms with van der Waals surface area (Å²) in [6, 6.07) is 10.6. The molecule has 0 unspecified atom stereocenters. The fraction of sp³-hybridized carbons (Fsp3) is 0.211. The molecule has 0 radical (unpaired) electrons. The maximum absolute atomic E-state index is 4.72. The minimum absolute atomic E-state index is 0.704. The summed E-state index contributed by atoms with van der Waals surface area (Å²) in [5.41, 5.74) is 4.90. The molecular formula is C19H18N6S2. The van der Waals surface area contributed by atoms with Crippen molar-refractivity contribution in [3.63, 3.8) is 0 Å². The minimum atomic E-state index is 0.704. The molecule has 0 aliphatic carbocycles. The molecule has 136 valence electrons. The van der Waals surface area contributed by atoms with Crippen molar-refractivity contribution in [1.82, 2.24) is 20.2 Å². The quantitative estimate of drug-likeness (QED) is 0.535. The van der Waals surface area contributed by atoms with Crippen LogP contribution in [0.4, 0.5) is 17.2 Å². The number of rotatable bonds is 4. The summed E-state index contributed by atoms with van der Waals surface area (Å²) >= 11 is 3.66. The van der Waals surface area contributed by atoms with Crippen LogP contribution in [0.1, 0.15) is 0 Å². The Kier molecular flexibility index (Phi) is 4.43. The van der Waals surface area contributed by atoms with E-state index in [2.05, 4.69) is 55.0 Å². The van der Waals surface area contributed by atoms with Crippen LogP contribution in [0.15, 0.2) is 47.3 Å².